The molecular formula is C29H21F4N5O4. The Morgan fingerprint density at radius 3 is 2.31 bits per heavy atom. The molecule has 0 bridgehead atoms. The van der Waals surface area contributed by atoms with Crippen LogP contribution in [0.3, 0.4) is 0 Å². The van der Waals surface area contributed by atoms with Crippen molar-refractivity contribution in [1.29, 1.82) is 0 Å². The smallest absolute Gasteiger partial charge is 0.416 e. The molecule has 0 aliphatic heterocycles. The van der Waals surface area contributed by atoms with Crippen molar-refractivity contribution in [2.24, 2.45) is 0 Å². The zero-order valence-corrected chi connectivity index (χ0v) is 21.5. The van der Waals surface area contributed by atoms with Crippen LogP contribution in [0.15, 0.2) is 91.0 Å². The molecule has 0 aliphatic rings. The van der Waals surface area contributed by atoms with E-state index in [9.17, 15) is 27.2 Å². The number of halogens is 4. The quantitative estimate of drug-likeness (QED) is 0.146. The minimum Gasteiger partial charge on any atom is -0.457 e. The largest absolute Gasteiger partial charge is 0.457 e. The summed E-state index contributed by atoms with van der Waals surface area (Å²) in [7, 11) is 0. The van der Waals surface area contributed by atoms with Gasteiger partial charge in [-0.1, -0.05) is 30.3 Å². The van der Waals surface area contributed by atoms with Crippen molar-refractivity contribution in [3.63, 3.8) is 0 Å². The maximum atomic E-state index is 13.9. The number of amides is 3. The van der Waals surface area contributed by atoms with Gasteiger partial charge in [0, 0.05) is 11.8 Å². The lowest BCUT2D eigenvalue weighted by Gasteiger charge is -2.12. The SMILES string of the molecule is O=C(Nc1ccc(Oc2ccc3nc(NC(=O)OCc4ccccc4)[nH]c3c2)cc1)Nc1cc(C(F)(F)F)ccc1F. The number of carbonyl (C=O) groups is 2. The lowest BCUT2D eigenvalue weighted by Crippen LogP contribution is -2.20. The molecule has 0 atom stereocenters. The maximum absolute atomic E-state index is 13.9. The molecule has 0 unspecified atom stereocenters. The standard InChI is InChI=1S/C29H21F4N5O4/c30-22-12-6-18(29(31,32)33)14-24(22)37-27(39)34-19-7-9-20(10-8-19)42-21-11-13-23-25(15-21)36-26(35-23)38-28(40)41-16-17-4-2-1-3-5-17/h1-15H,16H2,(H2,34,37,39)(H2,35,36,38,40). The van der Waals surface area contributed by atoms with Crippen molar-refractivity contribution in [2.45, 2.75) is 12.8 Å². The van der Waals surface area contributed by atoms with E-state index < -0.39 is 35.4 Å². The molecule has 214 valence electrons. The first-order valence-electron chi connectivity index (χ1n) is 12.3. The monoisotopic (exact) mass is 579 g/mol. The van der Waals surface area contributed by atoms with Crippen LogP contribution in [0.5, 0.6) is 11.5 Å². The summed E-state index contributed by atoms with van der Waals surface area (Å²) in [5.74, 6) is 0.0374. The fourth-order valence-electron chi connectivity index (χ4n) is 3.79. The van der Waals surface area contributed by atoms with Gasteiger partial charge in [-0.15, -0.1) is 0 Å². The number of hydrogen-bond acceptors (Lipinski definition) is 5. The van der Waals surface area contributed by atoms with Crippen LogP contribution in [0, 0.1) is 5.82 Å². The van der Waals surface area contributed by atoms with Crippen LogP contribution in [-0.4, -0.2) is 22.1 Å². The molecule has 9 nitrogen and oxygen atoms in total. The van der Waals surface area contributed by atoms with Crippen LogP contribution < -0.4 is 20.7 Å². The molecule has 5 aromatic rings. The zero-order chi connectivity index (χ0) is 29.7. The van der Waals surface area contributed by atoms with Gasteiger partial charge in [0.1, 0.15) is 23.9 Å². The van der Waals surface area contributed by atoms with Crippen molar-refractivity contribution >= 4 is 40.5 Å². The number of rotatable bonds is 7. The molecule has 0 aliphatic carbocycles. The van der Waals surface area contributed by atoms with Gasteiger partial charge in [0.05, 0.1) is 22.3 Å². The van der Waals surface area contributed by atoms with Gasteiger partial charge in [0.25, 0.3) is 0 Å². The van der Waals surface area contributed by atoms with Crippen LogP contribution in [0.1, 0.15) is 11.1 Å². The van der Waals surface area contributed by atoms with E-state index in [1.54, 1.807) is 30.3 Å². The number of H-pyrrole nitrogens is 1. The molecule has 0 saturated carbocycles. The van der Waals surface area contributed by atoms with E-state index in [0.717, 1.165) is 5.56 Å². The van der Waals surface area contributed by atoms with Gasteiger partial charge in [-0.25, -0.2) is 19.0 Å². The number of alkyl halides is 3. The third kappa shape index (κ3) is 7.13. The number of benzene rings is 4. The second kappa shape index (κ2) is 11.9. The van der Waals surface area contributed by atoms with E-state index in [1.165, 1.54) is 12.1 Å². The minimum absolute atomic E-state index is 0.109. The first-order chi connectivity index (χ1) is 20.1. The maximum Gasteiger partial charge on any atom is 0.416 e. The molecule has 0 saturated heterocycles. The number of nitrogens with zero attached hydrogens (tertiary/aromatic N) is 1. The van der Waals surface area contributed by atoms with Crippen molar-refractivity contribution in [3.8, 4) is 11.5 Å². The first-order valence-corrected chi connectivity index (χ1v) is 12.3. The number of nitrogens with one attached hydrogen (secondary N) is 4. The number of carbonyl (C=O) groups excluding carboxylic acids is 2. The van der Waals surface area contributed by atoms with Gasteiger partial charge in [0.2, 0.25) is 5.95 Å². The van der Waals surface area contributed by atoms with E-state index in [1.807, 2.05) is 30.3 Å². The van der Waals surface area contributed by atoms with Gasteiger partial charge >= 0.3 is 18.3 Å². The highest BCUT2D eigenvalue weighted by Gasteiger charge is 2.31. The van der Waals surface area contributed by atoms with Crippen molar-refractivity contribution in [2.75, 3.05) is 16.0 Å². The zero-order valence-electron chi connectivity index (χ0n) is 21.5. The van der Waals surface area contributed by atoms with Gasteiger partial charge in [-0.3, -0.25) is 5.32 Å². The Hall–Kier alpha value is -5.59. The third-order valence-electron chi connectivity index (χ3n) is 5.78. The van der Waals surface area contributed by atoms with Gasteiger partial charge in [0.15, 0.2) is 0 Å². The minimum atomic E-state index is -4.69. The molecule has 42 heavy (non-hydrogen) atoms. The fraction of sp³-hybridized carbons (Fsp3) is 0.0690. The van der Waals surface area contributed by atoms with E-state index in [2.05, 4.69) is 25.9 Å². The molecule has 0 radical (unpaired) electrons. The van der Waals surface area contributed by atoms with Gasteiger partial charge in [-0.05, 0) is 60.2 Å². The number of fused-ring (bicyclic) bond motifs is 1. The summed E-state index contributed by atoms with van der Waals surface area (Å²) < 4.78 is 63.6. The molecule has 0 spiro atoms. The van der Waals surface area contributed by atoms with Crippen molar-refractivity contribution < 1.29 is 36.6 Å². The Labute approximate surface area is 235 Å². The van der Waals surface area contributed by atoms with Crippen LogP contribution in [0.4, 0.5) is 44.5 Å². The summed E-state index contributed by atoms with van der Waals surface area (Å²) in [6.45, 7) is 0.109. The van der Waals surface area contributed by atoms with Crippen LogP contribution in [-0.2, 0) is 17.5 Å². The number of imidazole rings is 1. The average Bonchev–Trinajstić information content (AvgIpc) is 3.35. The average molecular weight is 580 g/mol. The number of anilines is 3. The number of aromatic nitrogens is 2. The second-order valence-electron chi connectivity index (χ2n) is 8.85. The van der Waals surface area contributed by atoms with Gasteiger partial charge < -0.3 is 25.1 Å². The number of ether oxygens (including phenoxy) is 2. The summed E-state index contributed by atoms with van der Waals surface area (Å²) in [6, 6.07) is 21.1. The Morgan fingerprint density at radius 2 is 1.57 bits per heavy atom. The van der Waals surface area contributed by atoms with Crippen molar-refractivity contribution in [3.05, 3.63) is 108 Å². The third-order valence-corrected chi connectivity index (χ3v) is 5.78. The molecular weight excluding hydrogens is 558 g/mol. The normalized spacial score (nSPS) is 11.1. The molecule has 13 heteroatoms. The van der Waals surface area contributed by atoms with Gasteiger partial charge in [-0.2, -0.15) is 13.2 Å². The Balaban J connectivity index is 1.16. The lowest BCUT2D eigenvalue weighted by molar-refractivity contribution is -0.137. The van der Waals surface area contributed by atoms with E-state index in [4.69, 9.17) is 9.47 Å². The van der Waals surface area contributed by atoms with Crippen molar-refractivity contribution in [1.82, 2.24) is 9.97 Å². The van der Waals surface area contributed by atoms with Crippen LogP contribution in [0.2, 0.25) is 0 Å². The summed E-state index contributed by atoms with van der Waals surface area (Å²) >= 11 is 0. The Morgan fingerprint density at radius 1 is 0.833 bits per heavy atom. The Kier molecular flexibility index (Phi) is 7.91. The summed E-state index contributed by atoms with van der Waals surface area (Å²) in [4.78, 5) is 31.6. The summed E-state index contributed by atoms with van der Waals surface area (Å²) in [5.41, 5.74) is 0.579. The lowest BCUT2D eigenvalue weighted by atomic mass is 10.2. The molecule has 4 N–H and O–H groups in total. The topological polar surface area (TPSA) is 117 Å². The van der Waals surface area contributed by atoms with E-state index in [-0.39, 0.29) is 18.2 Å². The molecule has 3 amide bonds. The summed E-state index contributed by atoms with van der Waals surface area (Å²) in [5, 5.41) is 7.03. The summed E-state index contributed by atoms with van der Waals surface area (Å²) in [6.07, 6.45) is -5.36. The van der Waals surface area contributed by atoms with Crippen LogP contribution in [0.25, 0.3) is 11.0 Å². The van der Waals surface area contributed by atoms with E-state index in [0.29, 0.717) is 40.7 Å². The highest BCUT2D eigenvalue weighted by atomic mass is 19.4. The number of aromatic amines is 1. The number of hydrogen-bond donors (Lipinski definition) is 4. The predicted molar refractivity (Wildman–Crippen MR) is 147 cm³/mol. The molecule has 0 fully saturated rings. The molecule has 5 rings (SSSR count). The number of urea groups is 1. The van der Waals surface area contributed by atoms with E-state index >= 15 is 0 Å². The van der Waals surface area contributed by atoms with Crippen LogP contribution >= 0.6 is 0 Å². The molecule has 4 aromatic carbocycles. The first kappa shape index (κ1) is 28.0. The highest BCUT2D eigenvalue weighted by molar-refractivity contribution is 5.99. The fourth-order valence-corrected chi connectivity index (χ4v) is 3.79. The highest BCUT2D eigenvalue weighted by Crippen LogP contribution is 2.32. The molecule has 1 aromatic heterocycles. The predicted octanol–water partition coefficient (Wildman–Crippen LogP) is 7.91. The Bertz CT molecular complexity index is 1720. The second-order valence-corrected chi connectivity index (χ2v) is 8.85. The molecule has 1 heterocycles.